The van der Waals surface area contributed by atoms with E-state index in [1.807, 2.05) is 12.1 Å². The van der Waals surface area contributed by atoms with Crippen molar-refractivity contribution in [2.75, 3.05) is 6.61 Å². The molecule has 1 aromatic heterocycles. The summed E-state index contributed by atoms with van der Waals surface area (Å²) in [6.45, 7) is 0.932. The number of rotatable bonds is 5. The lowest BCUT2D eigenvalue weighted by molar-refractivity contribution is 0.101. The highest BCUT2D eigenvalue weighted by atomic mass is 79.9. The molecule has 0 amide bonds. The lowest BCUT2D eigenvalue weighted by Crippen LogP contribution is -2.11. The summed E-state index contributed by atoms with van der Waals surface area (Å²) in [6, 6.07) is 3.82. The Bertz CT molecular complexity index is 321. The van der Waals surface area contributed by atoms with E-state index in [2.05, 4.69) is 15.9 Å². The highest BCUT2D eigenvalue weighted by Gasteiger charge is 2.16. The van der Waals surface area contributed by atoms with Gasteiger partial charge in [0.2, 0.25) is 0 Å². The molecule has 16 heavy (non-hydrogen) atoms. The second-order valence-electron chi connectivity index (χ2n) is 4.31. The van der Waals surface area contributed by atoms with Crippen LogP contribution in [0.2, 0.25) is 0 Å². The molecule has 1 aliphatic heterocycles. The van der Waals surface area contributed by atoms with E-state index in [-0.39, 0.29) is 6.04 Å². The van der Waals surface area contributed by atoms with E-state index in [9.17, 15) is 0 Å². The molecular formula is C12H18BrNO2. The molecule has 0 radical (unpaired) electrons. The van der Waals surface area contributed by atoms with Crippen LogP contribution in [0, 0.1) is 0 Å². The second-order valence-corrected chi connectivity index (χ2v) is 5.10. The van der Waals surface area contributed by atoms with Gasteiger partial charge in [0.25, 0.3) is 0 Å². The van der Waals surface area contributed by atoms with Crippen molar-refractivity contribution in [1.82, 2.24) is 0 Å². The van der Waals surface area contributed by atoms with Crippen molar-refractivity contribution >= 4 is 15.9 Å². The average Bonchev–Trinajstić information content (AvgIpc) is 2.89. The van der Waals surface area contributed by atoms with E-state index in [0.29, 0.717) is 6.10 Å². The minimum Gasteiger partial charge on any atom is -0.453 e. The highest BCUT2D eigenvalue weighted by Crippen LogP contribution is 2.24. The van der Waals surface area contributed by atoms with Gasteiger partial charge in [0.1, 0.15) is 5.76 Å². The molecular weight excluding hydrogens is 270 g/mol. The summed E-state index contributed by atoms with van der Waals surface area (Å²) in [5, 5.41) is 0. The number of halogens is 1. The van der Waals surface area contributed by atoms with Crippen LogP contribution in [0.3, 0.4) is 0 Å². The molecule has 90 valence electrons. The number of hydrogen-bond acceptors (Lipinski definition) is 3. The molecule has 0 saturated carbocycles. The Hall–Kier alpha value is -0.320. The minimum atomic E-state index is 0.00713. The summed E-state index contributed by atoms with van der Waals surface area (Å²) in [6.07, 6.45) is 6.07. The Balaban J connectivity index is 1.69. The number of hydrogen-bond donors (Lipinski definition) is 1. The summed E-state index contributed by atoms with van der Waals surface area (Å²) >= 11 is 3.28. The minimum absolute atomic E-state index is 0.00713. The van der Waals surface area contributed by atoms with Gasteiger partial charge in [-0.3, -0.25) is 0 Å². The Labute approximate surface area is 104 Å². The van der Waals surface area contributed by atoms with E-state index < -0.39 is 0 Å². The van der Waals surface area contributed by atoms with Gasteiger partial charge in [0.05, 0.1) is 12.1 Å². The first kappa shape index (κ1) is 12.1. The van der Waals surface area contributed by atoms with E-state index in [1.54, 1.807) is 0 Å². The number of nitrogens with two attached hydrogens (primary N) is 1. The van der Waals surface area contributed by atoms with Crippen LogP contribution in [-0.2, 0) is 4.74 Å². The van der Waals surface area contributed by atoms with Gasteiger partial charge in [-0.15, -0.1) is 0 Å². The average molecular weight is 288 g/mol. The smallest absolute Gasteiger partial charge is 0.169 e. The fraction of sp³-hybridized carbons (Fsp3) is 0.667. The van der Waals surface area contributed by atoms with Crippen molar-refractivity contribution in [1.29, 1.82) is 0 Å². The van der Waals surface area contributed by atoms with Gasteiger partial charge >= 0.3 is 0 Å². The van der Waals surface area contributed by atoms with Gasteiger partial charge in [-0.1, -0.05) is 0 Å². The van der Waals surface area contributed by atoms with Gasteiger partial charge in [0.15, 0.2) is 4.67 Å². The lowest BCUT2D eigenvalue weighted by Gasteiger charge is -2.11. The fourth-order valence-corrected chi connectivity index (χ4v) is 2.43. The summed E-state index contributed by atoms with van der Waals surface area (Å²) in [7, 11) is 0. The maximum atomic E-state index is 6.04. The number of ether oxygens (including phenoxy) is 1. The predicted molar refractivity (Wildman–Crippen MR) is 66.2 cm³/mol. The third kappa shape index (κ3) is 3.34. The van der Waals surface area contributed by atoms with Crippen molar-refractivity contribution in [2.45, 2.75) is 44.2 Å². The molecule has 0 bridgehead atoms. The van der Waals surface area contributed by atoms with Gasteiger partial charge in [0, 0.05) is 6.61 Å². The zero-order valence-corrected chi connectivity index (χ0v) is 10.9. The van der Waals surface area contributed by atoms with Crippen LogP contribution in [0.15, 0.2) is 21.2 Å². The van der Waals surface area contributed by atoms with Gasteiger partial charge in [-0.2, -0.15) is 0 Å². The van der Waals surface area contributed by atoms with Gasteiger partial charge in [-0.05, 0) is 60.2 Å². The normalized spacial score (nSPS) is 22.5. The maximum absolute atomic E-state index is 6.04. The second kappa shape index (κ2) is 5.84. The monoisotopic (exact) mass is 287 g/mol. The third-order valence-electron chi connectivity index (χ3n) is 3.02. The lowest BCUT2D eigenvalue weighted by atomic mass is 10.0. The first-order valence-electron chi connectivity index (χ1n) is 5.88. The first-order valence-corrected chi connectivity index (χ1v) is 6.67. The standard InChI is InChI=1S/C12H18BrNO2/c13-12-7-6-11(16-12)10(14)5-1-3-9-4-2-8-15-9/h6-7,9-10H,1-5,8,14H2. The van der Waals surface area contributed by atoms with Crippen LogP contribution in [0.5, 0.6) is 0 Å². The molecule has 2 rings (SSSR count). The predicted octanol–water partition coefficient (Wildman–Crippen LogP) is 3.39. The zero-order valence-electron chi connectivity index (χ0n) is 9.32. The van der Waals surface area contributed by atoms with Crippen molar-refractivity contribution in [3.05, 3.63) is 22.6 Å². The topological polar surface area (TPSA) is 48.4 Å². The molecule has 2 atom stereocenters. The number of furan rings is 1. The molecule has 1 saturated heterocycles. The van der Waals surface area contributed by atoms with E-state index in [4.69, 9.17) is 14.9 Å². The van der Waals surface area contributed by atoms with Crippen LogP contribution in [0.4, 0.5) is 0 Å². The molecule has 1 aliphatic rings. The largest absolute Gasteiger partial charge is 0.453 e. The van der Waals surface area contributed by atoms with Gasteiger partial charge in [-0.25, -0.2) is 0 Å². The van der Waals surface area contributed by atoms with Crippen molar-refractivity contribution < 1.29 is 9.15 Å². The zero-order chi connectivity index (χ0) is 11.4. The van der Waals surface area contributed by atoms with Crippen molar-refractivity contribution in [2.24, 2.45) is 5.73 Å². The Morgan fingerprint density at radius 2 is 2.38 bits per heavy atom. The first-order chi connectivity index (χ1) is 7.75. The Morgan fingerprint density at radius 1 is 1.50 bits per heavy atom. The molecule has 2 unspecified atom stereocenters. The summed E-state index contributed by atoms with van der Waals surface area (Å²) in [5.41, 5.74) is 6.04. The molecule has 1 aromatic rings. The van der Waals surface area contributed by atoms with Crippen molar-refractivity contribution in [3.63, 3.8) is 0 Å². The molecule has 4 heteroatoms. The molecule has 1 fully saturated rings. The van der Waals surface area contributed by atoms with E-state index >= 15 is 0 Å². The Morgan fingerprint density at radius 3 is 3.00 bits per heavy atom. The van der Waals surface area contributed by atoms with E-state index in [0.717, 1.165) is 36.3 Å². The SMILES string of the molecule is NC(CCCC1CCCO1)c1ccc(Br)o1. The van der Waals surface area contributed by atoms with Crippen LogP contribution in [-0.4, -0.2) is 12.7 Å². The summed E-state index contributed by atoms with van der Waals surface area (Å²) in [4.78, 5) is 0. The molecule has 0 spiro atoms. The van der Waals surface area contributed by atoms with Crippen LogP contribution in [0.25, 0.3) is 0 Å². The molecule has 2 N–H and O–H groups in total. The van der Waals surface area contributed by atoms with Crippen LogP contribution < -0.4 is 5.73 Å². The van der Waals surface area contributed by atoms with Gasteiger partial charge < -0.3 is 14.9 Å². The fourth-order valence-electron chi connectivity index (χ4n) is 2.11. The van der Waals surface area contributed by atoms with Crippen molar-refractivity contribution in [3.8, 4) is 0 Å². The maximum Gasteiger partial charge on any atom is 0.169 e. The molecule has 0 aromatic carbocycles. The molecule has 2 heterocycles. The quantitative estimate of drug-likeness (QED) is 0.903. The van der Waals surface area contributed by atoms with E-state index in [1.165, 1.54) is 12.8 Å². The van der Waals surface area contributed by atoms with Crippen LogP contribution in [0.1, 0.15) is 43.9 Å². The molecule has 0 aliphatic carbocycles. The third-order valence-corrected chi connectivity index (χ3v) is 3.45. The summed E-state index contributed by atoms with van der Waals surface area (Å²) < 4.78 is 11.7. The molecule has 3 nitrogen and oxygen atoms in total. The summed E-state index contributed by atoms with van der Waals surface area (Å²) in [5.74, 6) is 0.860. The highest BCUT2D eigenvalue weighted by molar-refractivity contribution is 9.10. The Kier molecular flexibility index (Phi) is 4.44. The van der Waals surface area contributed by atoms with Crippen LogP contribution >= 0.6 is 15.9 Å².